The van der Waals surface area contributed by atoms with Crippen molar-refractivity contribution in [1.82, 2.24) is 14.8 Å². The minimum atomic E-state index is -1.08. The summed E-state index contributed by atoms with van der Waals surface area (Å²) in [6.45, 7) is 0. The quantitative estimate of drug-likeness (QED) is 0.677. The number of nitrogens with one attached hydrogen (secondary N) is 1. The van der Waals surface area contributed by atoms with E-state index in [1.807, 2.05) is 30.3 Å². The summed E-state index contributed by atoms with van der Waals surface area (Å²) in [7, 11) is 1.20. The molecule has 0 bridgehead atoms. The highest BCUT2D eigenvalue weighted by Crippen LogP contribution is 2.24. The Hall–Kier alpha value is -3.42. The van der Waals surface area contributed by atoms with E-state index in [1.54, 1.807) is 0 Å². The van der Waals surface area contributed by atoms with Gasteiger partial charge in [-0.3, -0.25) is 4.79 Å². The van der Waals surface area contributed by atoms with Crippen LogP contribution >= 0.6 is 0 Å². The number of aromatic amines is 1. The van der Waals surface area contributed by atoms with Crippen molar-refractivity contribution in [3.8, 4) is 11.3 Å². The number of benzene rings is 1. The van der Waals surface area contributed by atoms with Gasteiger partial charge in [0.1, 0.15) is 17.3 Å². The summed E-state index contributed by atoms with van der Waals surface area (Å²) in [6, 6.07) is 8.09. The van der Waals surface area contributed by atoms with E-state index in [-0.39, 0.29) is 23.2 Å². The monoisotopic (exact) mass is 341 g/mol. The third kappa shape index (κ3) is 3.14. The van der Waals surface area contributed by atoms with Crippen molar-refractivity contribution in [1.29, 1.82) is 0 Å². The molecule has 2 aliphatic rings. The van der Waals surface area contributed by atoms with E-state index in [0.29, 0.717) is 0 Å². The van der Waals surface area contributed by atoms with E-state index in [1.165, 1.54) is 24.1 Å². The van der Waals surface area contributed by atoms with Crippen LogP contribution in [0, 0.1) is 0 Å². The van der Waals surface area contributed by atoms with Gasteiger partial charge in [-0.15, -0.1) is 0 Å². The number of fused-ring (bicyclic) bond motifs is 1. The number of carbonyl (C=O) groups is 2. The van der Waals surface area contributed by atoms with Crippen molar-refractivity contribution < 1.29 is 19.4 Å². The minimum absolute atomic E-state index is 0.0256. The van der Waals surface area contributed by atoms with E-state index >= 15 is 0 Å². The largest absolute Gasteiger partial charge is 0.480 e. The number of esters is 1. The molecule has 0 aliphatic carbocycles. The number of carbonyl (C=O) groups excluding carboxylic acids is 1. The second-order valence-corrected chi connectivity index (χ2v) is 5.47. The van der Waals surface area contributed by atoms with Gasteiger partial charge in [0.05, 0.1) is 12.7 Å². The van der Waals surface area contributed by atoms with Gasteiger partial charge in [-0.25, -0.2) is 14.7 Å². The van der Waals surface area contributed by atoms with Crippen LogP contribution in [0.3, 0.4) is 0 Å². The number of carboxylic acid groups (broad SMARTS) is 1. The molecule has 3 rings (SSSR count). The maximum atomic E-state index is 12.0. The number of hydrogen-bond donors (Lipinski definition) is 2. The minimum Gasteiger partial charge on any atom is -0.480 e. The molecule has 128 valence electrons. The lowest BCUT2D eigenvalue weighted by Gasteiger charge is -2.19. The van der Waals surface area contributed by atoms with E-state index in [2.05, 4.69) is 10.2 Å². The zero-order chi connectivity index (χ0) is 18.0. The number of hydrogen-bond acceptors (Lipinski definition) is 5. The lowest BCUT2D eigenvalue weighted by Crippen LogP contribution is -2.23. The standard InChI is InChI=1S/C17H15N3O5/c1-25-17(24)12-9-20(8-11-14(12)18-19-15(11)21)13(16(22)23)7-10-5-3-2-4-6-10/h2-6,8-9,13H,7H2,1H3,(H,19,21)(H,22,23)/t13-/m0/s1. The van der Waals surface area contributed by atoms with E-state index in [4.69, 9.17) is 4.74 Å². The predicted molar refractivity (Wildman–Crippen MR) is 87.6 cm³/mol. The zero-order valence-electron chi connectivity index (χ0n) is 13.3. The molecule has 8 heteroatoms. The molecule has 0 radical (unpaired) electrons. The third-order valence-electron chi connectivity index (χ3n) is 3.90. The number of H-pyrrole nitrogens is 1. The molecule has 8 nitrogen and oxygen atoms in total. The maximum Gasteiger partial charge on any atom is 0.341 e. The number of carboxylic acids is 1. The first kappa shape index (κ1) is 16.4. The van der Waals surface area contributed by atoms with Gasteiger partial charge >= 0.3 is 11.9 Å². The Labute approximate surface area is 142 Å². The average molecular weight is 341 g/mol. The molecule has 2 aliphatic heterocycles. The number of pyridine rings is 1. The normalized spacial score (nSPS) is 12.0. The van der Waals surface area contributed by atoms with Crippen molar-refractivity contribution >= 4 is 11.9 Å². The first-order valence-electron chi connectivity index (χ1n) is 7.46. The van der Waals surface area contributed by atoms with Crippen LogP contribution in [0.25, 0.3) is 11.3 Å². The number of rotatable bonds is 5. The SMILES string of the molecule is COC(=O)c1cn([C@@H](Cc2ccccc2)C(=O)O)cc2c(=O)[nH]nc1-2. The summed E-state index contributed by atoms with van der Waals surface area (Å²) in [6.07, 6.45) is 2.92. The highest BCUT2D eigenvalue weighted by molar-refractivity contribution is 5.96. The van der Waals surface area contributed by atoms with Crippen LogP contribution in [0.5, 0.6) is 0 Å². The third-order valence-corrected chi connectivity index (χ3v) is 3.90. The Morgan fingerprint density at radius 3 is 2.64 bits per heavy atom. The maximum absolute atomic E-state index is 12.0. The number of ether oxygens (including phenoxy) is 1. The summed E-state index contributed by atoms with van der Waals surface area (Å²) < 4.78 is 6.05. The first-order valence-corrected chi connectivity index (χ1v) is 7.46. The van der Waals surface area contributed by atoms with Crippen LogP contribution in [-0.2, 0) is 16.0 Å². The molecular weight excluding hydrogens is 326 g/mol. The van der Waals surface area contributed by atoms with Crippen LogP contribution < -0.4 is 5.56 Å². The highest BCUT2D eigenvalue weighted by atomic mass is 16.5. The van der Waals surface area contributed by atoms with E-state index in [0.717, 1.165) is 5.56 Å². The average Bonchev–Trinajstić information content (AvgIpc) is 3.00. The molecule has 0 unspecified atom stereocenters. The van der Waals surface area contributed by atoms with Crippen LogP contribution in [-0.4, -0.2) is 38.9 Å². The van der Waals surface area contributed by atoms with Crippen molar-refractivity contribution in [3.05, 3.63) is 64.2 Å². The fraction of sp³-hybridized carbons (Fsp3) is 0.176. The summed E-state index contributed by atoms with van der Waals surface area (Å²) >= 11 is 0. The lowest BCUT2D eigenvalue weighted by molar-refractivity contribution is -0.140. The number of aromatic nitrogens is 3. The summed E-state index contributed by atoms with van der Waals surface area (Å²) in [5, 5.41) is 15.7. The molecule has 2 N–H and O–H groups in total. The second kappa shape index (κ2) is 6.60. The van der Waals surface area contributed by atoms with Gasteiger partial charge in [-0.1, -0.05) is 30.3 Å². The lowest BCUT2D eigenvalue weighted by atomic mass is 10.0. The van der Waals surface area contributed by atoms with E-state index in [9.17, 15) is 19.5 Å². The Morgan fingerprint density at radius 2 is 2.00 bits per heavy atom. The Bertz CT molecular complexity index is 945. The Morgan fingerprint density at radius 1 is 1.28 bits per heavy atom. The summed E-state index contributed by atoms with van der Waals surface area (Å²) in [4.78, 5) is 35.7. The molecule has 0 fully saturated rings. The molecule has 0 spiro atoms. The fourth-order valence-corrected chi connectivity index (χ4v) is 2.65. The van der Waals surface area contributed by atoms with Gasteiger partial charge in [0.2, 0.25) is 0 Å². The summed E-state index contributed by atoms with van der Waals surface area (Å²) in [5.41, 5.74) is 0.617. The first-order chi connectivity index (χ1) is 12.0. The van der Waals surface area contributed by atoms with Gasteiger partial charge in [-0.05, 0) is 5.56 Å². The molecule has 0 saturated heterocycles. The van der Waals surface area contributed by atoms with E-state index < -0.39 is 23.5 Å². The zero-order valence-corrected chi connectivity index (χ0v) is 13.3. The number of aliphatic carboxylic acids is 1. The van der Waals surface area contributed by atoms with Crippen molar-refractivity contribution in [2.75, 3.05) is 7.11 Å². The number of nitrogens with zero attached hydrogens (tertiary/aromatic N) is 2. The molecule has 1 aromatic rings. The van der Waals surface area contributed by atoms with Crippen LogP contribution in [0.1, 0.15) is 22.0 Å². The van der Waals surface area contributed by atoms with Gasteiger partial charge in [0.25, 0.3) is 5.56 Å². The van der Waals surface area contributed by atoms with Gasteiger partial charge in [-0.2, -0.15) is 5.10 Å². The molecule has 0 aromatic heterocycles. The van der Waals surface area contributed by atoms with Gasteiger partial charge < -0.3 is 14.4 Å². The van der Waals surface area contributed by atoms with Crippen LogP contribution in [0.2, 0.25) is 0 Å². The topological polar surface area (TPSA) is 114 Å². The predicted octanol–water partition coefficient (Wildman–Crippen LogP) is 1.33. The van der Waals surface area contributed by atoms with Crippen molar-refractivity contribution in [3.63, 3.8) is 0 Å². The molecule has 25 heavy (non-hydrogen) atoms. The smallest absolute Gasteiger partial charge is 0.341 e. The van der Waals surface area contributed by atoms with Gasteiger partial charge in [0, 0.05) is 18.8 Å². The van der Waals surface area contributed by atoms with Gasteiger partial charge in [0.15, 0.2) is 0 Å². The number of methoxy groups -OCH3 is 1. The summed E-state index contributed by atoms with van der Waals surface area (Å²) in [5.74, 6) is -1.78. The molecular formula is C17H15N3O5. The fourth-order valence-electron chi connectivity index (χ4n) is 2.65. The molecule has 0 amide bonds. The molecule has 1 aromatic carbocycles. The molecule has 1 atom stereocenters. The highest BCUT2D eigenvalue weighted by Gasteiger charge is 2.26. The van der Waals surface area contributed by atoms with Crippen molar-refractivity contribution in [2.24, 2.45) is 0 Å². The second-order valence-electron chi connectivity index (χ2n) is 5.47. The Kier molecular flexibility index (Phi) is 4.34. The van der Waals surface area contributed by atoms with Crippen LogP contribution in [0.4, 0.5) is 0 Å². The Balaban J connectivity index is 2.12. The van der Waals surface area contributed by atoms with Crippen LogP contribution in [0.15, 0.2) is 47.5 Å². The molecule has 0 saturated carbocycles. The van der Waals surface area contributed by atoms with Crippen molar-refractivity contribution in [2.45, 2.75) is 12.5 Å². The molecule has 2 heterocycles.